The molecule has 0 aliphatic carbocycles. The molecule has 0 unspecified atom stereocenters. The van der Waals surface area contributed by atoms with E-state index in [1.54, 1.807) is 13.3 Å². The van der Waals surface area contributed by atoms with Gasteiger partial charge in [0.2, 0.25) is 5.95 Å². The van der Waals surface area contributed by atoms with Gasteiger partial charge in [0.05, 0.1) is 29.4 Å². The number of pyridine rings is 1. The van der Waals surface area contributed by atoms with Gasteiger partial charge in [-0.25, -0.2) is 4.98 Å². The molecule has 2 aromatic carbocycles. The molecule has 0 saturated heterocycles. The molecule has 4 aromatic rings. The Morgan fingerprint density at radius 3 is 2.15 bits per heavy atom. The highest BCUT2D eigenvalue weighted by molar-refractivity contribution is 6.90. The van der Waals surface area contributed by atoms with Crippen LogP contribution in [0.4, 0.5) is 11.6 Å². The van der Waals surface area contributed by atoms with Crippen molar-refractivity contribution in [3.05, 3.63) is 82.3 Å². The molecule has 0 fully saturated rings. The van der Waals surface area contributed by atoms with Crippen LogP contribution in [0.1, 0.15) is 52.7 Å². The number of nitrogens with one attached hydrogen (secondary N) is 1. The molecule has 0 bridgehead atoms. The molecular formula is C32H35N5O2Si. The van der Waals surface area contributed by atoms with Gasteiger partial charge >= 0.3 is 0 Å². The molecule has 4 rings (SSSR count). The van der Waals surface area contributed by atoms with Crippen molar-refractivity contribution in [1.29, 1.82) is 5.26 Å². The zero-order valence-electron chi connectivity index (χ0n) is 24.1. The van der Waals surface area contributed by atoms with Crippen molar-refractivity contribution in [3.63, 3.8) is 0 Å². The number of fused-ring (bicyclic) bond motifs is 1. The third-order valence-corrected chi connectivity index (χ3v) is 14.0. The fourth-order valence-corrected chi connectivity index (χ4v) is 11.0. The van der Waals surface area contributed by atoms with Crippen molar-refractivity contribution in [2.75, 3.05) is 12.4 Å². The second kappa shape index (κ2) is 11.8. The Bertz CT molecular complexity index is 1670. The molecule has 0 saturated carbocycles. The molecule has 204 valence electrons. The van der Waals surface area contributed by atoms with Gasteiger partial charge in [-0.05, 0) is 40.9 Å². The van der Waals surface area contributed by atoms with Gasteiger partial charge in [-0.3, -0.25) is 9.36 Å². The molecular weight excluding hydrogens is 514 g/mol. The largest absolute Gasteiger partial charge is 0.495 e. The molecule has 8 heteroatoms. The summed E-state index contributed by atoms with van der Waals surface area (Å²) in [7, 11) is -0.552. The minimum atomic E-state index is -2.15. The zero-order chi connectivity index (χ0) is 29.0. The lowest BCUT2D eigenvalue weighted by atomic mass is 10.1. The third-order valence-electron chi connectivity index (χ3n) is 7.67. The Morgan fingerprint density at radius 2 is 1.55 bits per heavy atom. The minimum absolute atomic E-state index is 0.00272. The van der Waals surface area contributed by atoms with Gasteiger partial charge in [0.15, 0.2) is 5.65 Å². The highest BCUT2D eigenvalue weighted by atomic mass is 28.3. The van der Waals surface area contributed by atoms with Crippen LogP contribution in [0.3, 0.4) is 0 Å². The number of anilines is 2. The van der Waals surface area contributed by atoms with Gasteiger partial charge < -0.3 is 10.1 Å². The number of nitriles is 1. The van der Waals surface area contributed by atoms with Crippen LogP contribution in [0.2, 0.25) is 16.6 Å². The van der Waals surface area contributed by atoms with Crippen molar-refractivity contribution in [1.82, 2.24) is 14.5 Å². The molecule has 1 N–H and O–H groups in total. The number of para-hydroxylation sites is 3. The highest BCUT2D eigenvalue weighted by Crippen LogP contribution is 2.41. The van der Waals surface area contributed by atoms with Crippen LogP contribution < -0.4 is 15.6 Å². The number of hydrogen-bond donors (Lipinski definition) is 1. The van der Waals surface area contributed by atoms with Crippen molar-refractivity contribution >= 4 is 30.7 Å². The average molecular weight is 550 g/mol. The summed E-state index contributed by atoms with van der Waals surface area (Å²) in [6.07, 6.45) is 1.65. The average Bonchev–Trinajstić information content (AvgIpc) is 2.93. The summed E-state index contributed by atoms with van der Waals surface area (Å²) in [5.74, 6) is 4.28. The van der Waals surface area contributed by atoms with Crippen molar-refractivity contribution in [2.24, 2.45) is 0 Å². The second-order valence-corrected chi connectivity index (χ2v) is 16.3. The van der Waals surface area contributed by atoms with E-state index in [9.17, 15) is 10.1 Å². The number of aromatic nitrogens is 3. The van der Waals surface area contributed by atoms with Crippen LogP contribution in [0.15, 0.2) is 65.6 Å². The fourth-order valence-electron chi connectivity index (χ4n) is 5.75. The molecule has 0 amide bonds. The van der Waals surface area contributed by atoms with E-state index in [-0.39, 0.29) is 5.56 Å². The number of ether oxygens (including phenoxy) is 1. The van der Waals surface area contributed by atoms with E-state index in [2.05, 4.69) is 69.4 Å². The Morgan fingerprint density at radius 1 is 0.925 bits per heavy atom. The maximum absolute atomic E-state index is 13.9. The number of hydrogen-bond acceptors (Lipinski definition) is 6. The van der Waals surface area contributed by atoms with Gasteiger partial charge in [0, 0.05) is 6.20 Å². The topological polar surface area (TPSA) is 92.8 Å². The summed E-state index contributed by atoms with van der Waals surface area (Å²) in [6, 6.07) is 18.8. The Hall–Kier alpha value is -4.40. The van der Waals surface area contributed by atoms with Gasteiger partial charge in [0.1, 0.15) is 25.5 Å². The first-order valence-corrected chi connectivity index (χ1v) is 15.7. The maximum atomic E-state index is 13.9. The third kappa shape index (κ3) is 5.11. The molecule has 2 heterocycles. The zero-order valence-corrected chi connectivity index (χ0v) is 25.1. The van der Waals surface area contributed by atoms with Crippen LogP contribution in [0.25, 0.3) is 16.7 Å². The first kappa shape index (κ1) is 28.6. The molecule has 40 heavy (non-hydrogen) atoms. The Kier molecular flexibility index (Phi) is 8.42. The summed E-state index contributed by atoms with van der Waals surface area (Å²) >= 11 is 0. The summed E-state index contributed by atoms with van der Waals surface area (Å²) in [4.78, 5) is 23.3. The highest BCUT2D eigenvalue weighted by Gasteiger charge is 2.41. The lowest BCUT2D eigenvalue weighted by Gasteiger charge is -2.38. The summed E-state index contributed by atoms with van der Waals surface area (Å²) in [5.41, 5.74) is 6.45. The van der Waals surface area contributed by atoms with Crippen molar-refractivity contribution in [2.45, 2.75) is 58.2 Å². The summed E-state index contributed by atoms with van der Waals surface area (Å²) < 4.78 is 6.93. The molecule has 0 aliphatic rings. The van der Waals surface area contributed by atoms with Crippen LogP contribution in [0.5, 0.6) is 5.75 Å². The van der Waals surface area contributed by atoms with Crippen LogP contribution in [0, 0.1) is 22.8 Å². The van der Waals surface area contributed by atoms with E-state index < -0.39 is 13.6 Å². The first-order valence-electron chi connectivity index (χ1n) is 13.5. The number of nitrogens with zero attached hydrogens (tertiary/aromatic N) is 4. The van der Waals surface area contributed by atoms with E-state index in [1.165, 1.54) is 4.57 Å². The van der Waals surface area contributed by atoms with Gasteiger partial charge in [0.25, 0.3) is 5.56 Å². The molecule has 0 radical (unpaired) electrons. The van der Waals surface area contributed by atoms with Gasteiger partial charge in [-0.1, -0.05) is 77.8 Å². The van der Waals surface area contributed by atoms with E-state index >= 15 is 0 Å². The van der Waals surface area contributed by atoms with E-state index in [4.69, 9.17) is 9.72 Å². The normalized spacial score (nSPS) is 11.4. The monoisotopic (exact) mass is 549 g/mol. The number of benzene rings is 2. The lowest BCUT2D eigenvalue weighted by Crippen LogP contribution is -2.43. The fraction of sp³-hybridized carbons (Fsp3) is 0.312. The van der Waals surface area contributed by atoms with Crippen LogP contribution in [-0.4, -0.2) is 29.7 Å². The lowest BCUT2D eigenvalue weighted by molar-refractivity contribution is 0.417. The van der Waals surface area contributed by atoms with E-state index in [0.29, 0.717) is 56.3 Å². The van der Waals surface area contributed by atoms with Crippen molar-refractivity contribution in [3.8, 4) is 29.0 Å². The van der Waals surface area contributed by atoms with Crippen LogP contribution >= 0.6 is 0 Å². The SMILES string of the molecule is COc1ccccc1Nc1ncc2c(C#C[Si](C(C)C)(C(C)C)C(C)C)c(C#N)c(=O)n(-c3ccccc3)c2n1. The van der Waals surface area contributed by atoms with E-state index in [0.717, 1.165) is 0 Å². The standard InChI is InChI=1S/C32H35N5O2Si/c1-21(2)40(22(3)4,23(5)6)18-17-25-26(19-33)31(38)37(24-13-9-8-10-14-24)30-27(25)20-34-32(36-30)35-28-15-11-12-16-29(28)39-7/h8-16,20-23H,1-7H3,(H,34,35,36). The smallest absolute Gasteiger partial charge is 0.276 e. The summed E-state index contributed by atoms with van der Waals surface area (Å²) in [6.45, 7) is 13.4. The Labute approximate surface area is 236 Å². The molecule has 7 nitrogen and oxygen atoms in total. The molecule has 0 spiro atoms. The molecule has 0 aliphatic heterocycles. The number of rotatable bonds is 7. The molecule has 2 aromatic heterocycles. The molecule has 0 atom stereocenters. The van der Waals surface area contributed by atoms with Gasteiger partial charge in [-0.2, -0.15) is 10.2 Å². The second-order valence-electron chi connectivity index (χ2n) is 10.7. The number of methoxy groups -OCH3 is 1. The van der Waals surface area contributed by atoms with E-state index in [1.807, 2.05) is 54.6 Å². The van der Waals surface area contributed by atoms with Crippen molar-refractivity contribution < 1.29 is 4.74 Å². The summed E-state index contributed by atoms with van der Waals surface area (Å²) in [5, 5.41) is 14.0. The predicted molar refractivity (Wildman–Crippen MR) is 164 cm³/mol. The first-order chi connectivity index (χ1) is 19.1. The Balaban J connectivity index is 2.05. The van der Waals surface area contributed by atoms with Gasteiger partial charge in [-0.15, -0.1) is 5.54 Å². The quantitative estimate of drug-likeness (QED) is 0.198. The predicted octanol–water partition coefficient (Wildman–Crippen LogP) is 6.97. The van der Waals surface area contributed by atoms with Crippen LogP contribution in [-0.2, 0) is 0 Å². The minimum Gasteiger partial charge on any atom is -0.495 e. The maximum Gasteiger partial charge on any atom is 0.276 e.